The molecule has 18 heavy (non-hydrogen) atoms. The maximum absolute atomic E-state index is 4.24. The Labute approximate surface area is 115 Å². The first-order chi connectivity index (χ1) is 8.61. The SMILES string of the molecule is CNc1ncnc(Nc2cc(C)ccc2C)c1Br. The molecule has 4 nitrogen and oxygen atoms in total. The molecule has 1 aromatic heterocycles. The summed E-state index contributed by atoms with van der Waals surface area (Å²) in [6, 6.07) is 6.28. The average Bonchev–Trinajstić information content (AvgIpc) is 2.36. The van der Waals surface area contributed by atoms with Gasteiger partial charge >= 0.3 is 0 Å². The maximum atomic E-state index is 4.24. The van der Waals surface area contributed by atoms with Crippen LogP contribution in [0.5, 0.6) is 0 Å². The number of aryl methyl sites for hydroxylation is 2. The fraction of sp³-hybridized carbons (Fsp3) is 0.231. The van der Waals surface area contributed by atoms with Crippen LogP contribution >= 0.6 is 15.9 Å². The zero-order chi connectivity index (χ0) is 13.1. The van der Waals surface area contributed by atoms with Crippen molar-refractivity contribution in [1.29, 1.82) is 0 Å². The van der Waals surface area contributed by atoms with Crippen LogP contribution in [0, 0.1) is 13.8 Å². The standard InChI is InChI=1S/C13H15BrN4/c1-8-4-5-9(2)10(6-8)18-13-11(14)12(15-3)16-7-17-13/h4-7H,1-3H3,(H2,15,16,17,18). The van der Waals surface area contributed by atoms with Crippen LogP contribution in [-0.4, -0.2) is 17.0 Å². The molecule has 2 rings (SSSR count). The summed E-state index contributed by atoms with van der Waals surface area (Å²) < 4.78 is 0.827. The summed E-state index contributed by atoms with van der Waals surface area (Å²) in [5.41, 5.74) is 3.44. The number of nitrogens with zero attached hydrogens (tertiary/aromatic N) is 2. The monoisotopic (exact) mass is 306 g/mol. The van der Waals surface area contributed by atoms with Gasteiger partial charge in [0, 0.05) is 12.7 Å². The largest absolute Gasteiger partial charge is 0.372 e. The van der Waals surface area contributed by atoms with Crippen molar-refractivity contribution in [1.82, 2.24) is 9.97 Å². The highest BCUT2D eigenvalue weighted by atomic mass is 79.9. The van der Waals surface area contributed by atoms with E-state index in [1.807, 2.05) is 7.05 Å². The van der Waals surface area contributed by atoms with Crippen LogP contribution in [0.25, 0.3) is 0 Å². The van der Waals surface area contributed by atoms with E-state index in [0.29, 0.717) is 0 Å². The molecule has 0 radical (unpaired) electrons. The van der Waals surface area contributed by atoms with Crippen molar-refractivity contribution in [2.24, 2.45) is 0 Å². The van der Waals surface area contributed by atoms with Gasteiger partial charge in [0.05, 0.1) is 0 Å². The van der Waals surface area contributed by atoms with Crippen molar-refractivity contribution in [3.8, 4) is 0 Å². The molecule has 0 amide bonds. The van der Waals surface area contributed by atoms with Gasteiger partial charge in [-0.3, -0.25) is 0 Å². The van der Waals surface area contributed by atoms with Crippen LogP contribution in [-0.2, 0) is 0 Å². The summed E-state index contributed by atoms with van der Waals surface area (Å²) in [4.78, 5) is 8.37. The molecule has 0 saturated carbocycles. The summed E-state index contributed by atoms with van der Waals surface area (Å²) in [5.74, 6) is 1.51. The predicted molar refractivity (Wildman–Crippen MR) is 78.5 cm³/mol. The lowest BCUT2D eigenvalue weighted by Crippen LogP contribution is -2.01. The molecular formula is C13H15BrN4. The van der Waals surface area contributed by atoms with E-state index in [0.717, 1.165) is 21.8 Å². The third-order valence-corrected chi connectivity index (χ3v) is 3.42. The molecule has 94 valence electrons. The van der Waals surface area contributed by atoms with Gasteiger partial charge in [0.1, 0.15) is 22.4 Å². The van der Waals surface area contributed by atoms with E-state index in [1.165, 1.54) is 17.5 Å². The third kappa shape index (κ3) is 2.61. The summed E-state index contributed by atoms with van der Waals surface area (Å²) in [6.45, 7) is 4.13. The number of rotatable bonds is 3. The molecule has 0 bridgehead atoms. The molecule has 0 aliphatic carbocycles. The van der Waals surface area contributed by atoms with Crippen LogP contribution in [0.1, 0.15) is 11.1 Å². The predicted octanol–water partition coefficient (Wildman–Crippen LogP) is 3.64. The molecule has 2 N–H and O–H groups in total. The van der Waals surface area contributed by atoms with E-state index in [4.69, 9.17) is 0 Å². The Bertz CT molecular complexity index is 569. The van der Waals surface area contributed by atoms with Crippen molar-refractivity contribution in [2.75, 3.05) is 17.7 Å². The third-order valence-electron chi connectivity index (χ3n) is 2.67. The number of aromatic nitrogens is 2. The summed E-state index contributed by atoms with van der Waals surface area (Å²) >= 11 is 3.49. The lowest BCUT2D eigenvalue weighted by Gasteiger charge is -2.12. The van der Waals surface area contributed by atoms with Gasteiger partial charge in [0.25, 0.3) is 0 Å². The number of anilines is 3. The zero-order valence-corrected chi connectivity index (χ0v) is 12.2. The Kier molecular flexibility index (Phi) is 3.81. The molecule has 1 aromatic carbocycles. The van der Waals surface area contributed by atoms with Crippen LogP contribution in [0.3, 0.4) is 0 Å². The molecule has 0 spiro atoms. The Hall–Kier alpha value is -1.62. The van der Waals surface area contributed by atoms with E-state index < -0.39 is 0 Å². The average molecular weight is 307 g/mol. The first-order valence-corrected chi connectivity index (χ1v) is 6.43. The lowest BCUT2D eigenvalue weighted by molar-refractivity contribution is 1.14. The lowest BCUT2D eigenvalue weighted by atomic mass is 10.1. The second kappa shape index (κ2) is 5.35. The normalized spacial score (nSPS) is 10.2. The number of benzene rings is 1. The van der Waals surface area contributed by atoms with Gasteiger partial charge in [0.2, 0.25) is 0 Å². The molecule has 0 fully saturated rings. The Morgan fingerprint density at radius 3 is 2.56 bits per heavy atom. The van der Waals surface area contributed by atoms with Gasteiger partial charge in [-0.25, -0.2) is 9.97 Å². The molecule has 1 heterocycles. The molecule has 0 atom stereocenters. The van der Waals surface area contributed by atoms with E-state index in [-0.39, 0.29) is 0 Å². The Morgan fingerprint density at radius 1 is 1.11 bits per heavy atom. The van der Waals surface area contributed by atoms with E-state index in [1.54, 1.807) is 0 Å². The fourth-order valence-corrected chi connectivity index (χ4v) is 2.13. The van der Waals surface area contributed by atoms with Crippen molar-refractivity contribution in [2.45, 2.75) is 13.8 Å². The topological polar surface area (TPSA) is 49.8 Å². The number of nitrogens with one attached hydrogen (secondary N) is 2. The van der Waals surface area contributed by atoms with Gasteiger partial charge in [0.15, 0.2) is 0 Å². The second-order valence-electron chi connectivity index (χ2n) is 4.08. The first kappa shape index (κ1) is 12.8. The first-order valence-electron chi connectivity index (χ1n) is 5.64. The molecule has 0 aliphatic rings. The van der Waals surface area contributed by atoms with Crippen LogP contribution < -0.4 is 10.6 Å². The van der Waals surface area contributed by atoms with Crippen LogP contribution in [0.2, 0.25) is 0 Å². The summed E-state index contributed by atoms with van der Waals surface area (Å²) in [7, 11) is 1.83. The van der Waals surface area contributed by atoms with E-state index in [9.17, 15) is 0 Å². The van der Waals surface area contributed by atoms with Crippen molar-refractivity contribution < 1.29 is 0 Å². The number of halogens is 1. The number of hydrogen-bond acceptors (Lipinski definition) is 4. The Morgan fingerprint density at radius 2 is 1.83 bits per heavy atom. The summed E-state index contributed by atoms with van der Waals surface area (Å²) in [5, 5.41) is 6.33. The molecule has 2 aromatic rings. The number of hydrogen-bond donors (Lipinski definition) is 2. The van der Waals surface area contributed by atoms with Gasteiger partial charge in [-0.2, -0.15) is 0 Å². The van der Waals surface area contributed by atoms with Gasteiger partial charge in [-0.05, 0) is 47.0 Å². The minimum absolute atomic E-state index is 0.753. The Balaban J connectivity index is 2.37. The highest BCUT2D eigenvalue weighted by Crippen LogP contribution is 2.29. The zero-order valence-electron chi connectivity index (χ0n) is 10.6. The van der Waals surface area contributed by atoms with Crippen molar-refractivity contribution in [3.05, 3.63) is 40.1 Å². The highest BCUT2D eigenvalue weighted by Gasteiger charge is 2.08. The minimum atomic E-state index is 0.753. The van der Waals surface area contributed by atoms with Gasteiger partial charge in [-0.1, -0.05) is 12.1 Å². The minimum Gasteiger partial charge on any atom is -0.372 e. The van der Waals surface area contributed by atoms with E-state index >= 15 is 0 Å². The maximum Gasteiger partial charge on any atom is 0.150 e. The fourth-order valence-electron chi connectivity index (χ4n) is 1.63. The second-order valence-corrected chi connectivity index (χ2v) is 4.87. The summed E-state index contributed by atoms with van der Waals surface area (Å²) in [6.07, 6.45) is 1.53. The van der Waals surface area contributed by atoms with E-state index in [2.05, 4.69) is 68.6 Å². The quantitative estimate of drug-likeness (QED) is 0.909. The molecule has 0 unspecified atom stereocenters. The molecule has 0 aliphatic heterocycles. The van der Waals surface area contributed by atoms with Crippen molar-refractivity contribution >= 4 is 33.3 Å². The van der Waals surface area contributed by atoms with Gasteiger partial charge in [-0.15, -0.1) is 0 Å². The highest BCUT2D eigenvalue weighted by molar-refractivity contribution is 9.10. The molecule has 5 heteroatoms. The smallest absolute Gasteiger partial charge is 0.150 e. The van der Waals surface area contributed by atoms with Crippen molar-refractivity contribution in [3.63, 3.8) is 0 Å². The van der Waals surface area contributed by atoms with Crippen LogP contribution in [0.15, 0.2) is 29.0 Å². The molecule has 0 saturated heterocycles. The van der Waals surface area contributed by atoms with Crippen LogP contribution in [0.4, 0.5) is 17.3 Å². The van der Waals surface area contributed by atoms with Gasteiger partial charge < -0.3 is 10.6 Å². The molecular weight excluding hydrogens is 292 g/mol.